The predicted octanol–water partition coefficient (Wildman–Crippen LogP) is 3.05. The van der Waals surface area contributed by atoms with Crippen LogP contribution in [-0.2, 0) is 10.0 Å². The van der Waals surface area contributed by atoms with E-state index in [1.54, 1.807) is 41.4 Å². The fourth-order valence-corrected chi connectivity index (χ4v) is 4.61. The van der Waals surface area contributed by atoms with Crippen molar-refractivity contribution in [3.8, 4) is 0 Å². The Balaban J connectivity index is 1.91. The van der Waals surface area contributed by atoms with Gasteiger partial charge in [-0.05, 0) is 59.6 Å². The summed E-state index contributed by atoms with van der Waals surface area (Å²) in [6, 6.07) is 10.3. The van der Waals surface area contributed by atoms with Gasteiger partial charge in [-0.15, -0.1) is 0 Å². The number of halogens is 1. The average molecular weight is 424 g/mol. The molecule has 1 aromatic carbocycles. The first-order valence-electron chi connectivity index (χ1n) is 7.96. The van der Waals surface area contributed by atoms with Crippen molar-refractivity contribution in [2.45, 2.75) is 13.3 Å². The molecule has 2 aromatic rings. The third kappa shape index (κ3) is 3.69. The zero-order valence-corrected chi connectivity index (χ0v) is 16.1. The first kappa shape index (κ1) is 17.9. The van der Waals surface area contributed by atoms with Gasteiger partial charge < -0.3 is 0 Å². The molecule has 25 heavy (non-hydrogen) atoms. The molecule has 132 valence electrons. The number of aromatic nitrogens is 1. The van der Waals surface area contributed by atoms with E-state index in [9.17, 15) is 13.2 Å². The van der Waals surface area contributed by atoms with Gasteiger partial charge in [0.15, 0.2) is 0 Å². The Morgan fingerprint density at radius 3 is 2.72 bits per heavy atom. The Bertz CT molecular complexity index is 884. The summed E-state index contributed by atoms with van der Waals surface area (Å²) in [5, 5.41) is 0. The Morgan fingerprint density at radius 2 is 2.12 bits per heavy atom. The number of hydrogen-bond donors (Lipinski definition) is 0. The molecule has 0 aliphatic carbocycles. The second-order valence-electron chi connectivity index (χ2n) is 5.68. The molecular weight excluding hydrogens is 406 g/mol. The molecule has 0 radical (unpaired) electrons. The van der Waals surface area contributed by atoms with Crippen LogP contribution in [0.5, 0.6) is 0 Å². The van der Waals surface area contributed by atoms with Crippen molar-refractivity contribution in [2.75, 3.05) is 28.0 Å². The fraction of sp³-hybridized carbons (Fsp3) is 0.294. The highest BCUT2D eigenvalue weighted by Gasteiger charge is 2.29. The minimum atomic E-state index is -3.27. The molecule has 0 saturated carbocycles. The van der Waals surface area contributed by atoms with Crippen LogP contribution in [0.25, 0.3) is 0 Å². The quantitative estimate of drug-likeness (QED) is 0.757. The number of carbonyl (C=O) groups is 1. The molecule has 0 spiro atoms. The Morgan fingerprint density at radius 1 is 1.32 bits per heavy atom. The number of nitrogens with zero attached hydrogens (tertiary/aromatic N) is 3. The summed E-state index contributed by atoms with van der Waals surface area (Å²) in [5.74, 6) is 0.486. The molecule has 1 aromatic heterocycles. The highest BCUT2D eigenvalue weighted by molar-refractivity contribution is 9.10. The van der Waals surface area contributed by atoms with Crippen molar-refractivity contribution in [2.24, 2.45) is 0 Å². The smallest absolute Gasteiger partial charge is 0.259 e. The van der Waals surface area contributed by atoms with Crippen LogP contribution in [-0.4, -0.2) is 38.2 Å². The maximum absolute atomic E-state index is 12.9. The van der Waals surface area contributed by atoms with E-state index in [0.29, 0.717) is 36.6 Å². The average Bonchev–Trinajstić information content (AvgIpc) is 2.96. The molecule has 1 aliphatic heterocycles. The van der Waals surface area contributed by atoms with E-state index in [0.717, 1.165) is 4.47 Å². The number of anilines is 2. The topological polar surface area (TPSA) is 70.6 Å². The van der Waals surface area contributed by atoms with Gasteiger partial charge in [-0.2, -0.15) is 0 Å². The van der Waals surface area contributed by atoms with Gasteiger partial charge in [0.25, 0.3) is 5.91 Å². The highest BCUT2D eigenvalue weighted by Crippen LogP contribution is 2.26. The van der Waals surface area contributed by atoms with E-state index in [2.05, 4.69) is 20.9 Å². The lowest BCUT2D eigenvalue weighted by molar-refractivity contribution is 0.0987. The van der Waals surface area contributed by atoms with Gasteiger partial charge >= 0.3 is 0 Å². The zero-order chi connectivity index (χ0) is 18.0. The third-order valence-electron chi connectivity index (χ3n) is 4.03. The lowest BCUT2D eigenvalue weighted by atomic mass is 10.1. The summed E-state index contributed by atoms with van der Waals surface area (Å²) in [5.41, 5.74) is 0.967. The minimum absolute atomic E-state index is 0.148. The maximum atomic E-state index is 12.9. The molecule has 1 aliphatic rings. The van der Waals surface area contributed by atoms with Crippen molar-refractivity contribution in [3.05, 3.63) is 52.6 Å². The van der Waals surface area contributed by atoms with Gasteiger partial charge in [0, 0.05) is 29.3 Å². The van der Waals surface area contributed by atoms with E-state index in [1.807, 2.05) is 13.0 Å². The summed E-state index contributed by atoms with van der Waals surface area (Å²) in [7, 11) is -3.27. The zero-order valence-electron chi connectivity index (χ0n) is 13.7. The summed E-state index contributed by atoms with van der Waals surface area (Å²) in [6.45, 7) is 2.78. The van der Waals surface area contributed by atoms with Gasteiger partial charge in [0.2, 0.25) is 10.0 Å². The van der Waals surface area contributed by atoms with E-state index in [1.165, 1.54) is 4.31 Å². The van der Waals surface area contributed by atoms with Gasteiger partial charge in [-0.25, -0.2) is 13.4 Å². The standard InChI is InChI=1S/C17H18BrN3O3S/c1-2-20(16-8-7-14(18)12-19-16)17(22)13-5-3-6-15(11-13)21-9-4-10-25(21,23)24/h3,5-8,11-12H,2,4,9-10H2,1H3. The number of carbonyl (C=O) groups excluding carboxylic acids is 1. The van der Waals surface area contributed by atoms with Crippen molar-refractivity contribution >= 4 is 43.4 Å². The summed E-state index contributed by atoms with van der Waals surface area (Å²) in [4.78, 5) is 18.7. The van der Waals surface area contributed by atoms with Crippen LogP contribution in [0.1, 0.15) is 23.7 Å². The number of hydrogen-bond acceptors (Lipinski definition) is 4. The molecule has 2 heterocycles. The van der Waals surface area contributed by atoms with Crippen LogP contribution in [0.3, 0.4) is 0 Å². The van der Waals surface area contributed by atoms with Crippen molar-refractivity contribution < 1.29 is 13.2 Å². The monoisotopic (exact) mass is 423 g/mol. The lowest BCUT2D eigenvalue weighted by Crippen LogP contribution is -2.31. The Hall–Kier alpha value is -1.93. The first-order chi connectivity index (χ1) is 11.9. The molecule has 0 atom stereocenters. The predicted molar refractivity (Wildman–Crippen MR) is 101 cm³/mol. The van der Waals surface area contributed by atoms with E-state index in [4.69, 9.17) is 0 Å². The number of pyridine rings is 1. The number of benzene rings is 1. The van der Waals surface area contributed by atoms with Crippen LogP contribution in [0.4, 0.5) is 11.5 Å². The number of sulfonamides is 1. The summed E-state index contributed by atoms with van der Waals surface area (Å²) in [6.07, 6.45) is 2.24. The van der Waals surface area contributed by atoms with Crippen molar-refractivity contribution in [3.63, 3.8) is 0 Å². The normalized spacial score (nSPS) is 16.0. The molecule has 1 saturated heterocycles. The van der Waals surface area contributed by atoms with Gasteiger partial charge in [0.05, 0.1) is 11.4 Å². The Labute approximate surface area is 155 Å². The largest absolute Gasteiger partial charge is 0.293 e. The summed E-state index contributed by atoms with van der Waals surface area (Å²) < 4.78 is 26.4. The molecule has 6 nitrogen and oxygen atoms in total. The third-order valence-corrected chi connectivity index (χ3v) is 6.37. The first-order valence-corrected chi connectivity index (χ1v) is 10.4. The highest BCUT2D eigenvalue weighted by atomic mass is 79.9. The summed E-state index contributed by atoms with van der Waals surface area (Å²) >= 11 is 3.33. The van der Waals surface area contributed by atoms with Crippen LogP contribution in [0.2, 0.25) is 0 Å². The van der Waals surface area contributed by atoms with Gasteiger partial charge in [-0.3, -0.25) is 14.0 Å². The SMILES string of the molecule is CCN(C(=O)c1cccc(N2CCCS2(=O)=O)c1)c1ccc(Br)cn1. The maximum Gasteiger partial charge on any atom is 0.259 e. The van der Waals surface area contributed by atoms with E-state index in [-0.39, 0.29) is 11.7 Å². The molecule has 0 unspecified atom stereocenters. The molecule has 0 N–H and O–H groups in total. The second kappa shape index (κ2) is 7.13. The Kier molecular flexibility index (Phi) is 5.10. The molecule has 8 heteroatoms. The van der Waals surface area contributed by atoms with Crippen molar-refractivity contribution in [1.29, 1.82) is 0 Å². The van der Waals surface area contributed by atoms with E-state index < -0.39 is 10.0 Å². The van der Waals surface area contributed by atoms with Crippen LogP contribution >= 0.6 is 15.9 Å². The molecule has 3 rings (SSSR count). The molecule has 1 fully saturated rings. The van der Waals surface area contributed by atoms with Crippen LogP contribution in [0, 0.1) is 0 Å². The van der Waals surface area contributed by atoms with Gasteiger partial charge in [-0.1, -0.05) is 6.07 Å². The van der Waals surface area contributed by atoms with Gasteiger partial charge in [0.1, 0.15) is 5.82 Å². The lowest BCUT2D eigenvalue weighted by Gasteiger charge is -2.22. The number of amides is 1. The van der Waals surface area contributed by atoms with Crippen molar-refractivity contribution in [1.82, 2.24) is 4.98 Å². The van der Waals surface area contributed by atoms with E-state index >= 15 is 0 Å². The second-order valence-corrected chi connectivity index (χ2v) is 8.60. The number of rotatable bonds is 4. The van der Waals surface area contributed by atoms with Crippen LogP contribution < -0.4 is 9.21 Å². The van der Waals surface area contributed by atoms with Crippen LogP contribution in [0.15, 0.2) is 47.1 Å². The molecule has 1 amide bonds. The minimum Gasteiger partial charge on any atom is -0.293 e. The fourth-order valence-electron chi connectivity index (χ4n) is 2.82. The molecular formula is C17H18BrN3O3S. The molecule has 0 bridgehead atoms.